The second-order valence-electron chi connectivity index (χ2n) is 7.69. The van der Waals surface area contributed by atoms with Crippen LogP contribution in [-0.4, -0.2) is 40.3 Å². The van der Waals surface area contributed by atoms with E-state index in [2.05, 4.69) is 0 Å². The van der Waals surface area contributed by atoms with Gasteiger partial charge in [0.05, 0.1) is 24.4 Å². The minimum Gasteiger partial charge on any atom is -0.462 e. The lowest BCUT2D eigenvalue weighted by Gasteiger charge is -2.31. The number of carbonyl (C=O) groups is 2. The van der Waals surface area contributed by atoms with Crippen molar-refractivity contribution < 1.29 is 23.5 Å². The molecule has 1 aliphatic rings. The summed E-state index contributed by atoms with van der Waals surface area (Å²) < 4.78 is 26.4. The molecule has 2 aromatic rings. The summed E-state index contributed by atoms with van der Waals surface area (Å²) >= 11 is 0. The highest BCUT2D eigenvalue weighted by atomic mass is 19.1. The van der Waals surface area contributed by atoms with Crippen molar-refractivity contribution in [3.63, 3.8) is 0 Å². The van der Waals surface area contributed by atoms with Gasteiger partial charge in [-0.05, 0) is 45.4 Å². The van der Waals surface area contributed by atoms with Gasteiger partial charge < -0.3 is 18.9 Å². The third-order valence-electron chi connectivity index (χ3n) is 4.41. The van der Waals surface area contributed by atoms with Crippen LogP contribution in [0.2, 0.25) is 0 Å². The molecule has 1 aromatic carbocycles. The number of benzene rings is 1. The fraction of sp³-hybridized carbons (Fsp3) is 0.429. The van der Waals surface area contributed by atoms with Crippen molar-refractivity contribution in [1.29, 1.82) is 0 Å². The van der Waals surface area contributed by atoms with Crippen LogP contribution in [0.4, 0.5) is 9.18 Å². The molecule has 1 aliphatic heterocycles. The SMILES string of the molecule is CCOC(=O)c1c(-c2cccc(F)c2)cn2c1CN(C(=O)OC(C)(C)C)CC2. The average Bonchev–Trinajstić information content (AvgIpc) is 2.99. The van der Waals surface area contributed by atoms with Crippen molar-refractivity contribution in [1.82, 2.24) is 9.47 Å². The Bertz CT molecular complexity index is 898. The summed E-state index contributed by atoms with van der Waals surface area (Å²) in [6.45, 7) is 8.57. The van der Waals surface area contributed by atoms with Crippen LogP contribution in [0.15, 0.2) is 30.5 Å². The molecular weight excluding hydrogens is 363 g/mol. The molecule has 150 valence electrons. The van der Waals surface area contributed by atoms with E-state index in [-0.39, 0.29) is 19.0 Å². The predicted octanol–water partition coefficient (Wildman–Crippen LogP) is 4.22. The Balaban J connectivity index is 2.01. The fourth-order valence-electron chi connectivity index (χ4n) is 3.24. The van der Waals surface area contributed by atoms with E-state index in [1.54, 1.807) is 24.0 Å². The molecule has 0 fully saturated rings. The average molecular weight is 388 g/mol. The summed E-state index contributed by atoms with van der Waals surface area (Å²) in [7, 11) is 0. The van der Waals surface area contributed by atoms with E-state index in [9.17, 15) is 14.0 Å². The van der Waals surface area contributed by atoms with Crippen LogP contribution in [0.1, 0.15) is 43.7 Å². The molecular formula is C21H25FN2O4. The Labute approximate surface area is 163 Å². The summed E-state index contributed by atoms with van der Waals surface area (Å²) in [4.78, 5) is 26.7. The number of amides is 1. The summed E-state index contributed by atoms with van der Waals surface area (Å²) in [5.41, 5.74) is 1.61. The van der Waals surface area contributed by atoms with Gasteiger partial charge in [0.1, 0.15) is 11.4 Å². The summed E-state index contributed by atoms with van der Waals surface area (Å²) in [5.74, 6) is -0.867. The largest absolute Gasteiger partial charge is 0.462 e. The number of rotatable bonds is 3. The smallest absolute Gasteiger partial charge is 0.410 e. The molecule has 0 bridgehead atoms. The third-order valence-corrected chi connectivity index (χ3v) is 4.41. The number of halogens is 1. The number of hydrogen-bond donors (Lipinski definition) is 0. The highest BCUT2D eigenvalue weighted by Gasteiger charge is 2.31. The van der Waals surface area contributed by atoms with E-state index in [4.69, 9.17) is 9.47 Å². The molecule has 6 nitrogen and oxygen atoms in total. The first-order chi connectivity index (χ1) is 13.2. The first kappa shape index (κ1) is 19.9. The van der Waals surface area contributed by atoms with E-state index < -0.39 is 17.7 Å². The number of hydrogen-bond acceptors (Lipinski definition) is 4. The van der Waals surface area contributed by atoms with E-state index in [0.717, 1.165) is 0 Å². The maximum absolute atomic E-state index is 13.8. The van der Waals surface area contributed by atoms with Gasteiger partial charge >= 0.3 is 12.1 Å². The molecule has 0 spiro atoms. The van der Waals surface area contributed by atoms with Crippen LogP contribution in [-0.2, 0) is 22.6 Å². The van der Waals surface area contributed by atoms with Gasteiger partial charge in [0, 0.05) is 24.8 Å². The number of fused-ring (bicyclic) bond motifs is 1. The zero-order chi connectivity index (χ0) is 20.5. The fourth-order valence-corrected chi connectivity index (χ4v) is 3.24. The molecule has 0 unspecified atom stereocenters. The minimum atomic E-state index is -0.604. The summed E-state index contributed by atoms with van der Waals surface area (Å²) in [6.07, 6.45) is 1.39. The molecule has 1 amide bonds. The van der Waals surface area contributed by atoms with Crippen LogP contribution in [0.25, 0.3) is 11.1 Å². The maximum Gasteiger partial charge on any atom is 0.410 e. The molecule has 0 N–H and O–H groups in total. The Morgan fingerprint density at radius 3 is 2.61 bits per heavy atom. The van der Waals surface area contributed by atoms with Crippen LogP contribution >= 0.6 is 0 Å². The molecule has 0 atom stereocenters. The van der Waals surface area contributed by atoms with E-state index in [1.165, 1.54) is 12.1 Å². The lowest BCUT2D eigenvalue weighted by atomic mass is 10.0. The van der Waals surface area contributed by atoms with Crippen molar-refractivity contribution >= 4 is 12.1 Å². The van der Waals surface area contributed by atoms with E-state index >= 15 is 0 Å². The van der Waals surface area contributed by atoms with Crippen LogP contribution < -0.4 is 0 Å². The summed E-state index contributed by atoms with van der Waals surface area (Å²) in [6, 6.07) is 6.09. The first-order valence-electron chi connectivity index (χ1n) is 9.32. The molecule has 28 heavy (non-hydrogen) atoms. The highest BCUT2D eigenvalue weighted by molar-refractivity contribution is 5.99. The number of ether oxygens (including phenoxy) is 2. The molecule has 3 rings (SSSR count). The Kier molecular flexibility index (Phi) is 5.45. The van der Waals surface area contributed by atoms with Gasteiger partial charge in [-0.15, -0.1) is 0 Å². The van der Waals surface area contributed by atoms with Gasteiger partial charge in [0.15, 0.2) is 0 Å². The molecule has 0 saturated carbocycles. The standard InChI is InChI=1S/C21H25FN2O4/c1-5-27-19(25)18-16(14-7-6-8-15(22)11-14)12-23-9-10-24(13-17(18)23)20(26)28-21(2,3)4/h6-8,11-12H,5,9-10,13H2,1-4H3. The normalized spacial score (nSPS) is 13.8. The Hall–Kier alpha value is -2.83. The van der Waals surface area contributed by atoms with Crippen LogP contribution in [0.3, 0.4) is 0 Å². The Morgan fingerprint density at radius 1 is 1.21 bits per heavy atom. The van der Waals surface area contributed by atoms with Crippen LogP contribution in [0, 0.1) is 5.82 Å². The summed E-state index contributed by atoms with van der Waals surface area (Å²) in [5, 5.41) is 0. The minimum absolute atomic E-state index is 0.221. The monoisotopic (exact) mass is 388 g/mol. The first-order valence-corrected chi connectivity index (χ1v) is 9.32. The number of esters is 1. The number of aromatic nitrogens is 1. The van der Waals surface area contributed by atoms with Gasteiger partial charge in [-0.1, -0.05) is 12.1 Å². The lowest BCUT2D eigenvalue weighted by molar-refractivity contribution is 0.0195. The predicted molar refractivity (Wildman–Crippen MR) is 102 cm³/mol. The van der Waals surface area contributed by atoms with Gasteiger partial charge in [-0.2, -0.15) is 0 Å². The van der Waals surface area contributed by atoms with Crippen molar-refractivity contribution in [2.45, 2.75) is 46.4 Å². The van der Waals surface area contributed by atoms with Gasteiger partial charge in [-0.25, -0.2) is 14.0 Å². The highest BCUT2D eigenvalue weighted by Crippen LogP contribution is 2.32. The zero-order valence-electron chi connectivity index (χ0n) is 16.6. The molecule has 0 radical (unpaired) electrons. The van der Waals surface area contributed by atoms with Crippen molar-refractivity contribution in [2.75, 3.05) is 13.2 Å². The second-order valence-corrected chi connectivity index (χ2v) is 7.69. The van der Waals surface area contributed by atoms with E-state index in [1.807, 2.05) is 31.5 Å². The number of carbonyl (C=O) groups excluding carboxylic acids is 2. The van der Waals surface area contributed by atoms with Crippen LogP contribution in [0.5, 0.6) is 0 Å². The van der Waals surface area contributed by atoms with Crippen molar-refractivity contribution in [3.8, 4) is 11.1 Å². The molecule has 0 saturated heterocycles. The Morgan fingerprint density at radius 2 is 1.96 bits per heavy atom. The van der Waals surface area contributed by atoms with Crippen molar-refractivity contribution in [3.05, 3.63) is 47.5 Å². The third kappa shape index (κ3) is 4.18. The molecule has 1 aromatic heterocycles. The molecule has 2 heterocycles. The quantitative estimate of drug-likeness (QED) is 0.739. The maximum atomic E-state index is 13.8. The lowest BCUT2D eigenvalue weighted by Crippen LogP contribution is -2.41. The topological polar surface area (TPSA) is 60.8 Å². The van der Waals surface area contributed by atoms with Gasteiger partial charge in [-0.3, -0.25) is 0 Å². The zero-order valence-corrected chi connectivity index (χ0v) is 16.6. The number of nitrogens with zero attached hydrogens (tertiary/aromatic N) is 2. The van der Waals surface area contributed by atoms with Gasteiger partial charge in [0.25, 0.3) is 0 Å². The second kappa shape index (κ2) is 7.66. The van der Waals surface area contributed by atoms with E-state index in [0.29, 0.717) is 35.5 Å². The molecule has 0 aliphatic carbocycles. The van der Waals surface area contributed by atoms with Gasteiger partial charge in [0.2, 0.25) is 0 Å². The molecule has 7 heteroatoms. The van der Waals surface area contributed by atoms with Crippen molar-refractivity contribution in [2.24, 2.45) is 0 Å².